The Hall–Kier alpha value is -0.840. The van der Waals surface area contributed by atoms with Crippen molar-refractivity contribution in [2.24, 2.45) is 0 Å². The van der Waals surface area contributed by atoms with E-state index in [0.29, 0.717) is 18.2 Å². The van der Waals surface area contributed by atoms with Gasteiger partial charge in [-0.25, -0.2) is 4.21 Å². The molecule has 1 aromatic carbocycles. The van der Waals surface area contributed by atoms with Gasteiger partial charge in [0.2, 0.25) is 0 Å². The van der Waals surface area contributed by atoms with Crippen molar-refractivity contribution in [3.05, 3.63) is 36.0 Å². The number of hydrogen-bond acceptors (Lipinski definition) is 3. The standard InChI is InChI=1S/C13H20ClNO2S.CO/c1-11-4-5-13(10-12(11)2)15-7-3-9-18(16)17-8-6-14;1-2/h4-5,10,15H,3,6-9H2,1-2H3;. The first-order valence-corrected chi connectivity index (χ1v) is 8.00. The molecule has 1 rings (SSSR count). The van der Waals surface area contributed by atoms with E-state index < -0.39 is 11.1 Å². The molecule has 6 heteroatoms. The summed E-state index contributed by atoms with van der Waals surface area (Å²) in [6, 6.07) is 6.28. The molecule has 0 bridgehead atoms. The first-order valence-electron chi connectivity index (χ1n) is 6.22. The van der Waals surface area contributed by atoms with Crippen molar-refractivity contribution >= 4 is 28.4 Å². The zero-order valence-corrected chi connectivity index (χ0v) is 13.4. The van der Waals surface area contributed by atoms with E-state index in [1.807, 2.05) is 0 Å². The molecule has 0 aliphatic rings. The Morgan fingerprint density at radius 3 is 2.65 bits per heavy atom. The van der Waals surface area contributed by atoms with Gasteiger partial charge in [-0.15, -0.1) is 11.6 Å². The number of nitrogens with one attached hydrogen (secondary N) is 1. The zero-order valence-electron chi connectivity index (χ0n) is 11.8. The van der Waals surface area contributed by atoms with Crippen LogP contribution in [0, 0.1) is 20.5 Å². The number of halogens is 1. The Balaban J connectivity index is 0.00000172. The second kappa shape index (κ2) is 11.9. The molecular weight excluding hydrogens is 298 g/mol. The fourth-order valence-corrected chi connectivity index (χ4v) is 2.39. The van der Waals surface area contributed by atoms with Crippen LogP contribution in [-0.4, -0.2) is 29.0 Å². The van der Waals surface area contributed by atoms with E-state index in [-0.39, 0.29) is 0 Å². The third kappa shape index (κ3) is 8.35. The summed E-state index contributed by atoms with van der Waals surface area (Å²) in [7, 11) is 0. The summed E-state index contributed by atoms with van der Waals surface area (Å²) >= 11 is 4.23. The predicted molar refractivity (Wildman–Crippen MR) is 82.6 cm³/mol. The van der Waals surface area contributed by atoms with Gasteiger partial charge >= 0.3 is 11.3 Å². The monoisotopic (exact) mass is 317 g/mol. The van der Waals surface area contributed by atoms with Crippen molar-refractivity contribution in [3.63, 3.8) is 0 Å². The van der Waals surface area contributed by atoms with Crippen LogP contribution in [-0.2, 0) is 19.9 Å². The normalized spacial score (nSPS) is 11.2. The van der Waals surface area contributed by atoms with E-state index in [4.69, 9.17) is 20.4 Å². The van der Waals surface area contributed by atoms with Gasteiger partial charge < -0.3 is 5.32 Å². The van der Waals surface area contributed by atoms with Crippen molar-refractivity contribution in [2.45, 2.75) is 20.3 Å². The number of rotatable bonds is 8. The SMILES string of the molecule is Cc1ccc(NCCCS(=O)OCCCl)cc1C.[C-]#[O+]. The quantitative estimate of drug-likeness (QED) is 0.347. The molecule has 0 saturated heterocycles. The van der Waals surface area contributed by atoms with Gasteiger partial charge in [0.1, 0.15) is 0 Å². The van der Waals surface area contributed by atoms with Gasteiger partial charge in [0, 0.05) is 18.1 Å². The van der Waals surface area contributed by atoms with E-state index in [0.717, 1.165) is 18.7 Å². The van der Waals surface area contributed by atoms with Crippen LogP contribution in [0.3, 0.4) is 0 Å². The molecule has 0 aromatic heterocycles. The predicted octanol–water partition coefficient (Wildman–Crippen LogP) is 2.99. The maximum absolute atomic E-state index is 11.3. The van der Waals surface area contributed by atoms with Gasteiger partial charge in [0.15, 0.2) is 11.1 Å². The third-order valence-electron chi connectivity index (χ3n) is 2.62. The summed E-state index contributed by atoms with van der Waals surface area (Å²) in [4.78, 5) is 0. The molecule has 1 atom stereocenters. The summed E-state index contributed by atoms with van der Waals surface area (Å²) in [5.41, 5.74) is 3.66. The van der Waals surface area contributed by atoms with Crippen molar-refractivity contribution < 1.29 is 13.0 Å². The molecule has 0 spiro atoms. The van der Waals surface area contributed by atoms with Crippen molar-refractivity contribution in [1.29, 1.82) is 0 Å². The van der Waals surface area contributed by atoms with Gasteiger partial charge in [-0.1, -0.05) is 6.07 Å². The van der Waals surface area contributed by atoms with Gasteiger partial charge in [0.25, 0.3) is 0 Å². The minimum atomic E-state index is -1.21. The summed E-state index contributed by atoms with van der Waals surface area (Å²) in [5, 5.41) is 3.31. The molecule has 0 saturated carbocycles. The van der Waals surface area contributed by atoms with E-state index in [2.05, 4.69) is 44.0 Å². The van der Waals surface area contributed by atoms with Crippen LogP contribution >= 0.6 is 11.6 Å². The number of benzene rings is 1. The first kappa shape index (κ1) is 19.2. The van der Waals surface area contributed by atoms with E-state index in [1.54, 1.807) is 0 Å². The van der Waals surface area contributed by atoms with Crippen molar-refractivity contribution in [2.75, 3.05) is 30.1 Å². The molecular formula is C14H20ClNO3S. The summed E-state index contributed by atoms with van der Waals surface area (Å²) in [6.07, 6.45) is 0.807. The second-order valence-electron chi connectivity index (χ2n) is 4.10. The molecule has 0 amide bonds. The van der Waals surface area contributed by atoms with E-state index in [9.17, 15) is 4.21 Å². The summed E-state index contributed by atoms with van der Waals surface area (Å²) in [6.45, 7) is 9.82. The minimum absolute atomic E-state index is 0.346. The Bertz CT molecular complexity index is 438. The van der Waals surface area contributed by atoms with Crippen LogP contribution in [0.4, 0.5) is 5.69 Å². The Kier molecular flexibility index (Phi) is 11.4. The first-order chi connectivity index (χ1) is 9.63. The van der Waals surface area contributed by atoms with Crippen molar-refractivity contribution in [1.82, 2.24) is 0 Å². The molecule has 1 unspecified atom stereocenters. The molecule has 1 aromatic rings. The molecule has 0 aliphatic carbocycles. The van der Waals surface area contributed by atoms with Crippen LogP contribution in [0.25, 0.3) is 0 Å². The molecule has 0 heterocycles. The average molecular weight is 318 g/mol. The molecule has 0 aliphatic heterocycles. The van der Waals surface area contributed by atoms with Gasteiger partial charge in [0.05, 0.1) is 12.4 Å². The summed E-state index contributed by atoms with van der Waals surface area (Å²) in [5.74, 6) is 0.918. The molecule has 1 N–H and O–H groups in total. The van der Waals surface area contributed by atoms with Crippen LogP contribution < -0.4 is 5.32 Å². The van der Waals surface area contributed by atoms with Crippen molar-refractivity contribution in [3.8, 4) is 0 Å². The van der Waals surface area contributed by atoms with Crippen LogP contribution in [0.2, 0.25) is 0 Å². The molecule has 0 fully saturated rings. The molecule has 112 valence electrons. The summed E-state index contributed by atoms with van der Waals surface area (Å²) < 4.78 is 23.8. The Morgan fingerprint density at radius 2 is 2.05 bits per heavy atom. The van der Waals surface area contributed by atoms with Crippen LogP contribution in [0.15, 0.2) is 18.2 Å². The third-order valence-corrected chi connectivity index (χ3v) is 3.82. The van der Waals surface area contributed by atoms with Gasteiger partial charge in [-0.3, -0.25) is 4.18 Å². The van der Waals surface area contributed by atoms with Crippen LogP contribution in [0.1, 0.15) is 17.5 Å². The molecule has 4 nitrogen and oxygen atoms in total. The molecule has 0 radical (unpaired) electrons. The number of hydrogen-bond donors (Lipinski definition) is 1. The Morgan fingerprint density at radius 1 is 1.35 bits per heavy atom. The van der Waals surface area contributed by atoms with Crippen LogP contribution in [0.5, 0.6) is 0 Å². The molecule has 20 heavy (non-hydrogen) atoms. The van der Waals surface area contributed by atoms with E-state index in [1.165, 1.54) is 11.1 Å². The zero-order chi connectivity index (χ0) is 15.4. The average Bonchev–Trinajstić information content (AvgIpc) is 2.47. The number of alkyl halides is 1. The number of anilines is 1. The van der Waals surface area contributed by atoms with Gasteiger partial charge in [-0.2, -0.15) is 0 Å². The fraction of sp³-hybridized carbons (Fsp3) is 0.500. The topological polar surface area (TPSA) is 58.2 Å². The second-order valence-corrected chi connectivity index (χ2v) is 5.73. The number of aryl methyl sites for hydroxylation is 2. The fourth-order valence-electron chi connectivity index (χ4n) is 1.46. The maximum atomic E-state index is 11.3. The Labute approximate surface area is 128 Å². The van der Waals surface area contributed by atoms with E-state index >= 15 is 0 Å². The van der Waals surface area contributed by atoms with Gasteiger partial charge in [-0.05, 0) is 43.5 Å².